The molecule has 3 aromatic carbocycles. The number of rotatable bonds is 19. The molecule has 386 valence electrons. The molecular weight excluding hydrogens is 942 g/mol. The molecule has 4 aromatic rings. The van der Waals surface area contributed by atoms with Gasteiger partial charge in [-0.25, -0.2) is 14.2 Å². The maximum atomic E-state index is 16.2. The van der Waals surface area contributed by atoms with Gasteiger partial charge in [0, 0.05) is 45.4 Å². The summed E-state index contributed by atoms with van der Waals surface area (Å²) in [5, 5.41) is 19.4. The number of hydrogen-bond donors (Lipinski definition) is 6. The van der Waals surface area contributed by atoms with E-state index in [4.69, 9.17) is 16.2 Å². The first-order valence-corrected chi connectivity index (χ1v) is 25.6. The number of alkyl carbamates (subject to hydrolysis) is 1. The molecule has 72 heavy (non-hydrogen) atoms. The highest BCUT2D eigenvalue weighted by Crippen LogP contribution is 2.39. The average molecular weight is 1010 g/mol. The first-order chi connectivity index (χ1) is 34.2. The number of nitrogens with zero attached hydrogens (tertiary/aromatic N) is 4. The number of thiazole rings is 1. The molecule has 0 unspecified atom stereocenters. The van der Waals surface area contributed by atoms with Crippen molar-refractivity contribution in [2.75, 3.05) is 36.5 Å². The molecule has 0 radical (unpaired) electrons. The molecule has 0 saturated carbocycles. The highest BCUT2D eigenvalue weighted by molar-refractivity contribution is 7.13. The van der Waals surface area contributed by atoms with Crippen LogP contribution in [0.4, 0.5) is 20.6 Å². The third-order valence-corrected chi connectivity index (χ3v) is 14.9. The molecule has 0 aliphatic carbocycles. The van der Waals surface area contributed by atoms with Crippen molar-refractivity contribution in [3.05, 3.63) is 99.9 Å². The molecule has 7 rings (SSSR count). The number of likely N-dealkylation sites (N-methyl/N-ethyl adjacent to an activating group) is 1. The van der Waals surface area contributed by atoms with Gasteiger partial charge >= 0.3 is 6.09 Å². The summed E-state index contributed by atoms with van der Waals surface area (Å²) in [6.07, 6.45) is 0.999. The minimum atomic E-state index is -1.09. The number of anilines is 2. The number of aryl methyl sites for hydroxylation is 3. The van der Waals surface area contributed by atoms with E-state index >= 15 is 4.39 Å². The number of primary amides is 1. The van der Waals surface area contributed by atoms with Gasteiger partial charge in [0.15, 0.2) is 0 Å². The molecule has 19 heteroatoms. The van der Waals surface area contributed by atoms with Gasteiger partial charge in [0.1, 0.15) is 23.9 Å². The van der Waals surface area contributed by atoms with Gasteiger partial charge in [-0.15, -0.1) is 11.3 Å². The Bertz CT molecular complexity index is 2640. The summed E-state index contributed by atoms with van der Waals surface area (Å²) < 4.78 is 21.7. The van der Waals surface area contributed by atoms with Crippen molar-refractivity contribution in [1.82, 2.24) is 25.8 Å². The summed E-state index contributed by atoms with van der Waals surface area (Å²) >= 11 is 1.56. The quantitative estimate of drug-likeness (QED) is 0.0685. The lowest BCUT2D eigenvalue weighted by molar-refractivity contribution is -0.142. The van der Waals surface area contributed by atoms with Gasteiger partial charge < -0.3 is 47.1 Å². The van der Waals surface area contributed by atoms with E-state index in [-0.39, 0.29) is 50.6 Å². The van der Waals surface area contributed by atoms with Gasteiger partial charge in [0.05, 0.1) is 52.3 Å². The molecule has 17 nitrogen and oxygen atoms in total. The first-order valence-electron chi connectivity index (χ1n) is 24.7. The van der Waals surface area contributed by atoms with E-state index in [2.05, 4.69) is 20.9 Å². The number of benzene rings is 3. The van der Waals surface area contributed by atoms with E-state index in [0.29, 0.717) is 44.1 Å². The number of aliphatic hydroxyl groups excluding tert-OH is 1. The molecule has 1 aromatic heterocycles. The standard InChI is InChI=1S/C53H68FN9O8S/c1-30(32-16-18-35(19-17-32)46-31(2)57-29-72-46)58-48(66)41-26-38(64)28-62(41)51(69)47(53(3,4)5)60-52(70)71-24-8-7-11-33-12-10-15-40(44(33)54)61(6)27-37(21-23-43(56)65)59-49(67)42-25-36-14-9-13-34-20-22-39(55)50(68)63(42)45(34)36/h9-10,12-19,29-30,37-39,41-42,47,64H,7-8,11,20-28,55H2,1-6H3,(H2,56,65)(H,58,66)(H,59,67)(H,60,70)/t30-,37-,38+,39-,41-,42-,47+/m0/s1. The molecule has 7 atom stereocenters. The molecule has 1 fully saturated rings. The van der Waals surface area contributed by atoms with Crippen LogP contribution in [0.1, 0.15) is 100 Å². The van der Waals surface area contributed by atoms with Gasteiger partial charge in [0.2, 0.25) is 29.5 Å². The lowest BCUT2D eigenvalue weighted by atomic mass is 9.85. The summed E-state index contributed by atoms with van der Waals surface area (Å²) in [7, 11) is 1.69. The smallest absolute Gasteiger partial charge is 0.407 e. The molecule has 4 heterocycles. The second-order valence-electron chi connectivity index (χ2n) is 20.4. The van der Waals surface area contributed by atoms with E-state index in [1.807, 2.05) is 56.3 Å². The summed E-state index contributed by atoms with van der Waals surface area (Å²) in [6, 6.07) is 14.0. The van der Waals surface area contributed by atoms with Gasteiger partial charge in [-0.1, -0.05) is 75.4 Å². The van der Waals surface area contributed by atoms with Crippen LogP contribution in [0.15, 0.2) is 66.2 Å². The highest BCUT2D eigenvalue weighted by Gasteiger charge is 2.46. The number of nitrogens with one attached hydrogen (secondary N) is 3. The Morgan fingerprint density at radius 2 is 1.69 bits per heavy atom. The van der Waals surface area contributed by atoms with Gasteiger partial charge in [-0.3, -0.25) is 28.9 Å². The van der Waals surface area contributed by atoms with Crippen LogP contribution in [-0.2, 0) is 48.0 Å². The number of hydrogen-bond acceptors (Lipinski definition) is 12. The molecule has 3 aliphatic heterocycles. The number of ether oxygens (including phenoxy) is 1. The van der Waals surface area contributed by atoms with Crippen LogP contribution in [0.5, 0.6) is 0 Å². The Morgan fingerprint density at radius 3 is 2.39 bits per heavy atom. The van der Waals surface area contributed by atoms with Gasteiger partial charge in [-0.05, 0) is 91.7 Å². The molecule has 8 N–H and O–H groups in total. The van der Waals surface area contributed by atoms with E-state index in [1.165, 1.54) is 9.80 Å². The largest absolute Gasteiger partial charge is 0.450 e. The number of carbonyl (C=O) groups is 6. The van der Waals surface area contributed by atoms with Crippen molar-refractivity contribution in [2.45, 2.75) is 135 Å². The summed E-state index contributed by atoms with van der Waals surface area (Å²) in [4.78, 5) is 90.3. The van der Waals surface area contributed by atoms with Crippen molar-refractivity contribution < 1.29 is 43.0 Å². The number of nitrogens with two attached hydrogens (primary N) is 2. The Morgan fingerprint density at radius 1 is 0.986 bits per heavy atom. The van der Waals surface area contributed by atoms with Crippen LogP contribution >= 0.6 is 11.3 Å². The normalized spacial score (nSPS) is 19.7. The Balaban J connectivity index is 0.902. The lowest BCUT2D eigenvalue weighted by Crippen LogP contribution is -2.58. The fraction of sp³-hybridized carbons (Fsp3) is 0.491. The average Bonchev–Trinajstić information content (AvgIpc) is 4.05. The van der Waals surface area contributed by atoms with Crippen LogP contribution in [-0.4, -0.2) is 114 Å². The minimum absolute atomic E-state index is 0.0160. The number of halogens is 1. The zero-order valence-corrected chi connectivity index (χ0v) is 42.7. The van der Waals surface area contributed by atoms with Crippen LogP contribution in [0, 0.1) is 18.2 Å². The Kier molecular flexibility index (Phi) is 17.0. The van der Waals surface area contributed by atoms with Gasteiger partial charge in [0.25, 0.3) is 0 Å². The second kappa shape index (κ2) is 23.0. The van der Waals surface area contributed by atoms with Crippen molar-refractivity contribution in [2.24, 2.45) is 16.9 Å². The third kappa shape index (κ3) is 12.4. The number of β-amino-alcohol motifs (C(OH)–C–C–N with tert-alkyl or cyclic N) is 1. The number of amides is 6. The number of para-hydroxylation sites is 1. The lowest BCUT2D eigenvalue weighted by Gasteiger charge is -2.35. The van der Waals surface area contributed by atoms with Crippen molar-refractivity contribution in [3.63, 3.8) is 0 Å². The first kappa shape index (κ1) is 53.4. The number of likely N-dealkylation sites (tertiary alicyclic amines) is 1. The number of aromatic nitrogens is 1. The van der Waals surface area contributed by atoms with Crippen LogP contribution in [0.2, 0.25) is 0 Å². The van der Waals surface area contributed by atoms with Crippen molar-refractivity contribution in [3.8, 4) is 10.4 Å². The van der Waals surface area contributed by atoms with Crippen LogP contribution < -0.4 is 37.2 Å². The predicted molar refractivity (Wildman–Crippen MR) is 273 cm³/mol. The molecule has 0 spiro atoms. The second-order valence-corrected chi connectivity index (χ2v) is 21.2. The Hall–Kier alpha value is -6.44. The summed E-state index contributed by atoms with van der Waals surface area (Å²) in [5.41, 5.74) is 18.9. The number of unbranched alkanes of at least 4 members (excludes halogenated alkanes) is 1. The van der Waals surface area contributed by atoms with E-state index < -0.39 is 83.3 Å². The van der Waals surface area contributed by atoms with E-state index in [0.717, 1.165) is 38.5 Å². The maximum Gasteiger partial charge on any atom is 0.407 e. The maximum absolute atomic E-state index is 16.2. The summed E-state index contributed by atoms with van der Waals surface area (Å²) in [6.45, 7) is 9.20. The van der Waals surface area contributed by atoms with Crippen LogP contribution in [0.25, 0.3) is 10.4 Å². The molecule has 3 aliphatic rings. The fourth-order valence-corrected chi connectivity index (χ4v) is 10.7. The molecule has 1 saturated heterocycles. The highest BCUT2D eigenvalue weighted by atomic mass is 32.1. The number of aliphatic hydroxyl groups is 1. The Labute approximate surface area is 424 Å². The predicted octanol–water partition coefficient (Wildman–Crippen LogP) is 4.98. The molecular formula is C53H68FN9O8S. The molecule has 6 amide bonds. The van der Waals surface area contributed by atoms with E-state index in [1.54, 1.807) is 67.8 Å². The van der Waals surface area contributed by atoms with Gasteiger partial charge in [-0.2, -0.15) is 0 Å². The minimum Gasteiger partial charge on any atom is -0.450 e. The topological polar surface area (TPSA) is 243 Å². The van der Waals surface area contributed by atoms with Crippen LogP contribution in [0.3, 0.4) is 0 Å². The summed E-state index contributed by atoms with van der Waals surface area (Å²) in [5.74, 6) is -2.67. The zero-order chi connectivity index (χ0) is 52.0. The van der Waals surface area contributed by atoms with Crippen molar-refractivity contribution >= 4 is 58.3 Å². The number of carbonyl (C=O) groups excluding carboxylic acids is 6. The van der Waals surface area contributed by atoms with E-state index in [9.17, 15) is 33.9 Å². The fourth-order valence-electron chi connectivity index (χ4n) is 9.93. The molecule has 0 bridgehead atoms. The SMILES string of the molecule is Cc1ncsc1-c1ccc([C@H](C)NC(=O)[C@@H]2C[C@@H](O)CN2C(=O)[C@@H](NC(=O)OCCCCc2cccc(N(C)C[C@H](CCC(N)=O)NC(=O)[C@@H]3Cc4cccc5c4N3C(=O)[C@@H](N)CC5)c2F)C(C)(C)C)cc1. The monoisotopic (exact) mass is 1010 g/mol. The third-order valence-electron chi connectivity index (χ3n) is 13.9. The zero-order valence-electron chi connectivity index (χ0n) is 41.9. The van der Waals surface area contributed by atoms with Crippen molar-refractivity contribution in [1.29, 1.82) is 0 Å².